The van der Waals surface area contributed by atoms with Crippen LogP contribution in [0.15, 0.2) is 48.7 Å². The first kappa shape index (κ1) is 16.0. The number of aliphatic carboxylic acids is 1. The molecule has 1 saturated heterocycles. The normalized spacial score (nSPS) is 20.0. The summed E-state index contributed by atoms with van der Waals surface area (Å²) in [6.07, 6.45) is 1.45. The summed E-state index contributed by atoms with van der Waals surface area (Å²) >= 11 is 0. The number of nitrogens with zero attached hydrogens (tertiary/aromatic N) is 2. The van der Waals surface area contributed by atoms with Crippen molar-refractivity contribution in [1.82, 2.24) is 9.88 Å². The van der Waals surface area contributed by atoms with E-state index in [0.29, 0.717) is 18.0 Å². The minimum Gasteiger partial charge on any atom is -0.481 e. The molecule has 124 valence electrons. The predicted octanol–water partition coefficient (Wildman–Crippen LogP) is 2.03. The molecule has 0 radical (unpaired) electrons. The summed E-state index contributed by atoms with van der Waals surface area (Å²) in [6, 6.07) is 12.7. The number of benzene rings is 1. The summed E-state index contributed by atoms with van der Waals surface area (Å²) in [6.45, 7) is 0.575. The van der Waals surface area contributed by atoms with E-state index in [0.717, 1.165) is 5.56 Å². The maximum absolute atomic E-state index is 12.6. The van der Waals surface area contributed by atoms with E-state index in [1.807, 2.05) is 30.3 Å². The highest BCUT2D eigenvalue weighted by Crippen LogP contribution is 2.33. The Kier molecular flexibility index (Phi) is 4.46. The third kappa shape index (κ3) is 3.08. The molecule has 2 unspecified atom stereocenters. The second-order valence-corrected chi connectivity index (χ2v) is 5.76. The first-order valence-corrected chi connectivity index (χ1v) is 7.67. The minimum atomic E-state index is -0.882. The van der Waals surface area contributed by atoms with Crippen LogP contribution in [0.2, 0.25) is 0 Å². The van der Waals surface area contributed by atoms with Crippen LogP contribution in [0, 0.1) is 5.92 Å². The number of carboxylic acids is 1. The summed E-state index contributed by atoms with van der Waals surface area (Å²) < 4.78 is 4.98. The van der Waals surface area contributed by atoms with Gasteiger partial charge in [0.2, 0.25) is 5.88 Å². The first-order chi connectivity index (χ1) is 11.6. The van der Waals surface area contributed by atoms with Gasteiger partial charge >= 0.3 is 5.97 Å². The molecule has 1 aromatic heterocycles. The number of hydrogen-bond donors (Lipinski definition) is 1. The van der Waals surface area contributed by atoms with Gasteiger partial charge in [-0.15, -0.1) is 0 Å². The van der Waals surface area contributed by atoms with Crippen molar-refractivity contribution in [2.75, 3.05) is 20.2 Å². The zero-order chi connectivity index (χ0) is 17.1. The van der Waals surface area contributed by atoms with Crippen LogP contribution in [0.25, 0.3) is 0 Å². The third-order valence-electron chi connectivity index (χ3n) is 4.34. The van der Waals surface area contributed by atoms with Crippen LogP contribution in [0.3, 0.4) is 0 Å². The molecule has 0 bridgehead atoms. The predicted molar refractivity (Wildman–Crippen MR) is 87.0 cm³/mol. The molecule has 1 amide bonds. The Bertz CT molecular complexity index is 730. The van der Waals surface area contributed by atoms with Gasteiger partial charge in [-0.05, 0) is 11.6 Å². The number of aromatic nitrogens is 1. The molecule has 1 aromatic carbocycles. The van der Waals surface area contributed by atoms with Crippen molar-refractivity contribution in [1.29, 1.82) is 0 Å². The van der Waals surface area contributed by atoms with Crippen molar-refractivity contribution in [2.24, 2.45) is 5.92 Å². The summed E-state index contributed by atoms with van der Waals surface area (Å²) in [7, 11) is 1.51. The monoisotopic (exact) mass is 326 g/mol. The largest absolute Gasteiger partial charge is 0.481 e. The number of ether oxygens (including phenoxy) is 1. The number of carbonyl (C=O) groups excluding carboxylic acids is 1. The van der Waals surface area contributed by atoms with Crippen LogP contribution in [-0.4, -0.2) is 47.1 Å². The third-order valence-corrected chi connectivity index (χ3v) is 4.34. The lowest BCUT2D eigenvalue weighted by molar-refractivity contribution is -0.141. The summed E-state index contributed by atoms with van der Waals surface area (Å²) in [5.41, 5.74) is 1.36. The fourth-order valence-electron chi connectivity index (χ4n) is 3.07. The van der Waals surface area contributed by atoms with Gasteiger partial charge in [-0.3, -0.25) is 9.59 Å². The molecule has 0 aliphatic carbocycles. The number of carboxylic acid groups (broad SMARTS) is 1. The van der Waals surface area contributed by atoms with Gasteiger partial charge in [0, 0.05) is 31.3 Å². The average Bonchev–Trinajstić information content (AvgIpc) is 3.07. The fourth-order valence-corrected chi connectivity index (χ4v) is 3.07. The summed E-state index contributed by atoms with van der Waals surface area (Å²) in [5, 5.41) is 9.52. The van der Waals surface area contributed by atoms with Crippen LogP contribution < -0.4 is 4.74 Å². The standard InChI is InChI=1S/C18H18N2O4/c1-24-16-8-7-13(9-19-16)17(21)20-10-14(15(11-20)18(22)23)12-5-3-2-4-6-12/h2-9,14-15H,10-11H2,1H3,(H,22,23). The summed E-state index contributed by atoms with van der Waals surface area (Å²) in [5.74, 6) is -1.48. The van der Waals surface area contributed by atoms with Gasteiger partial charge < -0.3 is 14.7 Å². The lowest BCUT2D eigenvalue weighted by Gasteiger charge is -2.16. The van der Waals surface area contributed by atoms with Crippen LogP contribution in [0.5, 0.6) is 5.88 Å². The zero-order valence-electron chi connectivity index (χ0n) is 13.3. The second-order valence-electron chi connectivity index (χ2n) is 5.76. The number of amides is 1. The van der Waals surface area contributed by atoms with Gasteiger partial charge in [-0.2, -0.15) is 0 Å². The van der Waals surface area contributed by atoms with E-state index in [9.17, 15) is 14.7 Å². The van der Waals surface area contributed by atoms with Crippen molar-refractivity contribution < 1.29 is 19.4 Å². The Morgan fingerprint density at radius 1 is 1.17 bits per heavy atom. The molecule has 1 aliphatic heterocycles. The molecule has 1 aliphatic rings. The average molecular weight is 326 g/mol. The maximum Gasteiger partial charge on any atom is 0.308 e. The van der Waals surface area contributed by atoms with Gasteiger partial charge in [0.1, 0.15) is 0 Å². The van der Waals surface area contributed by atoms with Crippen LogP contribution >= 0.6 is 0 Å². The second kappa shape index (κ2) is 6.70. The van der Waals surface area contributed by atoms with E-state index >= 15 is 0 Å². The number of pyridine rings is 1. The topological polar surface area (TPSA) is 79.7 Å². The van der Waals surface area contributed by atoms with Crippen LogP contribution in [0.1, 0.15) is 21.8 Å². The Balaban J connectivity index is 1.82. The Morgan fingerprint density at radius 2 is 1.92 bits per heavy atom. The van der Waals surface area contributed by atoms with Crippen molar-refractivity contribution in [2.45, 2.75) is 5.92 Å². The van der Waals surface area contributed by atoms with Gasteiger partial charge in [-0.25, -0.2) is 4.98 Å². The number of carbonyl (C=O) groups is 2. The number of rotatable bonds is 4. The van der Waals surface area contributed by atoms with Gasteiger partial charge in [0.25, 0.3) is 5.91 Å². The van der Waals surface area contributed by atoms with Gasteiger partial charge in [0.05, 0.1) is 18.6 Å². The highest BCUT2D eigenvalue weighted by molar-refractivity contribution is 5.94. The Morgan fingerprint density at radius 3 is 2.50 bits per heavy atom. The van der Waals surface area contributed by atoms with Crippen LogP contribution in [-0.2, 0) is 4.79 Å². The molecule has 3 rings (SSSR count). The van der Waals surface area contributed by atoms with Crippen molar-refractivity contribution in [3.63, 3.8) is 0 Å². The van der Waals surface area contributed by atoms with E-state index in [1.54, 1.807) is 17.0 Å². The van der Waals surface area contributed by atoms with Gasteiger partial charge in [0.15, 0.2) is 0 Å². The van der Waals surface area contributed by atoms with E-state index in [4.69, 9.17) is 4.74 Å². The Labute approximate surface area is 139 Å². The minimum absolute atomic E-state index is 0.194. The van der Waals surface area contributed by atoms with Crippen molar-refractivity contribution in [3.8, 4) is 5.88 Å². The molecular formula is C18H18N2O4. The first-order valence-electron chi connectivity index (χ1n) is 7.67. The fraction of sp³-hybridized carbons (Fsp3) is 0.278. The molecule has 6 nitrogen and oxygen atoms in total. The zero-order valence-corrected chi connectivity index (χ0v) is 13.3. The molecule has 2 aromatic rings. The smallest absolute Gasteiger partial charge is 0.308 e. The number of methoxy groups -OCH3 is 1. The maximum atomic E-state index is 12.6. The number of likely N-dealkylation sites (tertiary alicyclic amines) is 1. The molecule has 1 N–H and O–H groups in total. The molecule has 1 fully saturated rings. The van der Waals surface area contributed by atoms with Crippen molar-refractivity contribution >= 4 is 11.9 Å². The highest BCUT2D eigenvalue weighted by atomic mass is 16.5. The molecule has 0 spiro atoms. The molecule has 6 heteroatoms. The molecule has 0 saturated carbocycles. The number of hydrogen-bond acceptors (Lipinski definition) is 4. The van der Waals surface area contributed by atoms with E-state index in [1.165, 1.54) is 13.3 Å². The lowest BCUT2D eigenvalue weighted by Crippen LogP contribution is -2.30. The van der Waals surface area contributed by atoms with E-state index in [-0.39, 0.29) is 18.4 Å². The Hall–Kier alpha value is -2.89. The molecule has 2 atom stereocenters. The van der Waals surface area contributed by atoms with Crippen LogP contribution in [0.4, 0.5) is 0 Å². The molecule has 2 heterocycles. The lowest BCUT2D eigenvalue weighted by atomic mass is 9.89. The van der Waals surface area contributed by atoms with Gasteiger partial charge in [-0.1, -0.05) is 30.3 Å². The molecule has 24 heavy (non-hydrogen) atoms. The van der Waals surface area contributed by atoms with Crippen molar-refractivity contribution in [3.05, 3.63) is 59.8 Å². The SMILES string of the molecule is COc1ccc(C(=O)N2CC(C(=O)O)C(c3ccccc3)C2)cn1. The van der Waals surface area contributed by atoms with E-state index in [2.05, 4.69) is 4.98 Å². The molecular weight excluding hydrogens is 308 g/mol. The summed E-state index contributed by atoms with van der Waals surface area (Å²) in [4.78, 5) is 29.9. The van der Waals surface area contributed by atoms with E-state index < -0.39 is 11.9 Å². The quantitative estimate of drug-likeness (QED) is 0.930. The highest BCUT2D eigenvalue weighted by Gasteiger charge is 2.40.